The van der Waals surface area contributed by atoms with Crippen molar-refractivity contribution < 1.29 is 4.52 Å². The van der Waals surface area contributed by atoms with Crippen molar-refractivity contribution >= 4 is 10.8 Å². The van der Waals surface area contributed by atoms with E-state index in [0.29, 0.717) is 17.1 Å². The van der Waals surface area contributed by atoms with Gasteiger partial charge in [-0.15, -0.1) is 0 Å². The Labute approximate surface area is 131 Å². The second kappa shape index (κ2) is 5.49. The first-order valence-corrected chi connectivity index (χ1v) is 7.14. The van der Waals surface area contributed by atoms with E-state index in [0.717, 1.165) is 10.9 Å². The van der Waals surface area contributed by atoms with Crippen LogP contribution in [0.4, 0.5) is 0 Å². The van der Waals surface area contributed by atoms with Crippen molar-refractivity contribution in [3.63, 3.8) is 0 Å². The molecule has 6 heteroatoms. The van der Waals surface area contributed by atoms with E-state index in [1.54, 1.807) is 12.3 Å². The summed E-state index contributed by atoms with van der Waals surface area (Å²) < 4.78 is 6.55. The van der Waals surface area contributed by atoms with Gasteiger partial charge < -0.3 is 4.52 Å². The van der Waals surface area contributed by atoms with Crippen LogP contribution in [0.25, 0.3) is 22.2 Å². The Morgan fingerprint density at radius 1 is 1.00 bits per heavy atom. The molecule has 0 unspecified atom stereocenters. The highest BCUT2D eigenvalue weighted by molar-refractivity contribution is 5.80. The summed E-state index contributed by atoms with van der Waals surface area (Å²) in [5.41, 5.74) is 0.684. The fourth-order valence-corrected chi connectivity index (χ4v) is 2.39. The lowest BCUT2D eigenvalue weighted by Gasteiger charge is -2.02. The Hall–Kier alpha value is -3.28. The molecule has 6 nitrogen and oxygen atoms in total. The zero-order valence-electron chi connectivity index (χ0n) is 12.1. The largest absolute Gasteiger partial charge is 0.337 e. The standard InChI is InChI=1S/C17H12N4O2/c22-17-14-9-5-4-8-13(14)10-18-21(17)11-15-19-16(20-23-15)12-6-2-1-3-7-12/h1-10H,11H2. The van der Waals surface area contributed by atoms with Crippen LogP contribution in [-0.2, 0) is 6.54 Å². The summed E-state index contributed by atoms with van der Waals surface area (Å²) in [6, 6.07) is 16.9. The van der Waals surface area contributed by atoms with Crippen LogP contribution >= 0.6 is 0 Å². The van der Waals surface area contributed by atoms with Gasteiger partial charge in [-0.2, -0.15) is 10.1 Å². The molecular weight excluding hydrogens is 292 g/mol. The molecule has 0 aliphatic heterocycles. The lowest BCUT2D eigenvalue weighted by Crippen LogP contribution is -2.23. The highest BCUT2D eigenvalue weighted by Gasteiger charge is 2.11. The normalized spacial score (nSPS) is 11.0. The molecule has 112 valence electrons. The van der Waals surface area contributed by atoms with Crippen molar-refractivity contribution in [2.24, 2.45) is 0 Å². The summed E-state index contributed by atoms with van der Waals surface area (Å²) in [4.78, 5) is 16.7. The number of benzene rings is 2. The predicted molar refractivity (Wildman–Crippen MR) is 84.8 cm³/mol. The maximum atomic E-state index is 12.4. The van der Waals surface area contributed by atoms with Crippen molar-refractivity contribution in [3.8, 4) is 11.4 Å². The molecule has 0 saturated carbocycles. The molecule has 2 aromatic carbocycles. The summed E-state index contributed by atoms with van der Waals surface area (Å²) in [5.74, 6) is 0.836. The Morgan fingerprint density at radius 3 is 2.65 bits per heavy atom. The van der Waals surface area contributed by atoms with Crippen molar-refractivity contribution in [3.05, 3.63) is 77.0 Å². The smallest absolute Gasteiger partial charge is 0.275 e. The molecule has 0 spiro atoms. The van der Waals surface area contributed by atoms with E-state index in [4.69, 9.17) is 4.52 Å². The number of hydrogen-bond donors (Lipinski definition) is 0. The second-order valence-electron chi connectivity index (χ2n) is 5.07. The number of hydrogen-bond acceptors (Lipinski definition) is 5. The minimum Gasteiger partial charge on any atom is -0.337 e. The Morgan fingerprint density at radius 2 is 1.78 bits per heavy atom. The van der Waals surface area contributed by atoms with Gasteiger partial charge in [0.25, 0.3) is 5.56 Å². The molecule has 0 fully saturated rings. The maximum absolute atomic E-state index is 12.4. The third kappa shape index (κ3) is 2.50. The van der Waals surface area contributed by atoms with Crippen LogP contribution in [0.1, 0.15) is 5.89 Å². The Bertz CT molecular complexity index is 1020. The van der Waals surface area contributed by atoms with Crippen LogP contribution in [0.15, 0.2) is 70.1 Å². The van der Waals surface area contributed by atoms with Gasteiger partial charge >= 0.3 is 0 Å². The molecule has 0 bridgehead atoms. The number of nitrogens with zero attached hydrogens (tertiary/aromatic N) is 4. The molecular formula is C17H12N4O2. The zero-order valence-corrected chi connectivity index (χ0v) is 12.1. The summed E-state index contributed by atoms with van der Waals surface area (Å²) in [7, 11) is 0. The summed E-state index contributed by atoms with van der Waals surface area (Å²) in [6.07, 6.45) is 1.66. The minimum atomic E-state index is -0.178. The van der Waals surface area contributed by atoms with Crippen molar-refractivity contribution in [1.29, 1.82) is 0 Å². The monoisotopic (exact) mass is 304 g/mol. The van der Waals surface area contributed by atoms with Gasteiger partial charge in [-0.3, -0.25) is 4.79 Å². The molecule has 23 heavy (non-hydrogen) atoms. The van der Waals surface area contributed by atoms with Crippen molar-refractivity contribution in [2.45, 2.75) is 6.54 Å². The van der Waals surface area contributed by atoms with E-state index in [1.807, 2.05) is 48.5 Å². The molecule has 0 aliphatic rings. The molecule has 2 aromatic heterocycles. The summed E-state index contributed by atoms with van der Waals surface area (Å²) in [5, 5.41) is 9.53. The summed E-state index contributed by atoms with van der Waals surface area (Å²) >= 11 is 0. The first kappa shape index (κ1) is 13.4. The molecule has 0 N–H and O–H groups in total. The van der Waals surface area contributed by atoms with E-state index in [2.05, 4.69) is 15.2 Å². The van der Waals surface area contributed by atoms with E-state index in [1.165, 1.54) is 4.68 Å². The fourth-order valence-electron chi connectivity index (χ4n) is 2.39. The van der Waals surface area contributed by atoms with Gasteiger partial charge in [0.2, 0.25) is 11.7 Å². The second-order valence-corrected chi connectivity index (χ2v) is 5.07. The first-order chi connectivity index (χ1) is 11.3. The van der Waals surface area contributed by atoms with Crippen molar-refractivity contribution in [1.82, 2.24) is 19.9 Å². The molecule has 0 radical (unpaired) electrons. The quantitative estimate of drug-likeness (QED) is 0.581. The average Bonchev–Trinajstić information content (AvgIpc) is 3.07. The Balaban J connectivity index is 1.68. The highest BCUT2D eigenvalue weighted by atomic mass is 16.5. The fraction of sp³-hybridized carbons (Fsp3) is 0.0588. The van der Waals surface area contributed by atoms with Crippen LogP contribution < -0.4 is 5.56 Å². The average molecular weight is 304 g/mol. The van der Waals surface area contributed by atoms with Gasteiger partial charge in [0.15, 0.2) is 0 Å². The van der Waals surface area contributed by atoms with E-state index >= 15 is 0 Å². The van der Waals surface area contributed by atoms with Gasteiger partial charge in [0.05, 0.1) is 11.6 Å². The van der Waals surface area contributed by atoms with Crippen LogP contribution in [0.3, 0.4) is 0 Å². The summed E-state index contributed by atoms with van der Waals surface area (Å²) in [6.45, 7) is 0.142. The highest BCUT2D eigenvalue weighted by Crippen LogP contribution is 2.15. The SMILES string of the molecule is O=c1c2ccccc2cnn1Cc1nc(-c2ccccc2)no1. The van der Waals surface area contributed by atoms with E-state index < -0.39 is 0 Å². The van der Waals surface area contributed by atoms with Crippen molar-refractivity contribution in [2.75, 3.05) is 0 Å². The van der Waals surface area contributed by atoms with E-state index in [9.17, 15) is 4.79 Å². The molecule has 0 amide bonds. The topological polar surface area (TPSA) is 73.8 Å². The number of fused-ring (bicyclic) bond motifs is 1. The van der Waals surface area contributed by atoms with Gasteiger partial charge in [0, 0.05) is 10.9 Å². The lowest BCUT2D eigenvalue weighted by atomic mass is 10.2. The molecule has 2 heterocycles. The van der Waals surface area contributed by atoms with Crippen LogP contribution in [-0.4, -0.2) is 19.9 Å². The molecule has 0 aliphatic carbocycles. The maximum Gasteiger partial charge on any atom is 0.275 e. The third-order valence-corrected chi connectivity index (χ3v) is 3.55. The molecule has 0 atom stereocenters. The van der Waals surface area contributed by atoms with Gasteiger partial charge in [-0.25, -0.2) is 4.68 Å². The molecule has 0 saturated heterocycles. The Kier molecular flexibility index (Phi) is 3.20. The third-order valence-electron chi connectivity index (χ3n) is 3.55. The van der Waals surface area contributed by atoms with Gasteiger partial charge in [-0.05, 0) is 6.07 Å². The van der Waals surface area contributed by atoms with Crippen LogP contribution in [0, 0.1) is 0 Å². The lowest BCUT2D eigenvalue weighted by molar-refractivity contribution is 0.363. The first-order valence-electron chi connectivity index (χ1n) is 7.14. The van der Waals surface area contributed by atoms with Gasteiger partial charge in [-0.1, -0.05) is 53.7 Å². The van der Waals surface area contributed by atoms with Crippen LogP contribution in [0.5, 0.6) is 0 Å². The van der Waals surface area contributed by atoms with Crippen LogP contribution in [0.2, 0.25) is 0 Å². The zero-order chi connectivity index (χ0) is 15.6. The predicted octanol–water partition coefficient (Wildman–Crippen LogP) is 2.49. The number of rotatable bonds is 3. The number of aromatic nitrogens is 4. The molecule has 4 aromatic rings. The minimum absolute atomic E-state index is 0.142. The van der Waals surface area contributed by atoms with E-state index in [-0.39, 0.29) is 12.1 Å². The van der Waals surface area contributed by atoms with Gasteiger partial charge in [0.1, 0.15) is 6.54 Å². The molecule has 4 rings (SSSR count).